The second-order valence-corrected chi connectivity index (χ2v) is 7.59. The van der Waals surface area contributed by atoms with Gasteiger partial charge in [0.05, 0.1) is 23.9 Å². The Morgan fingerprint density at radius 2 is 1.45 bits per heavy atom. The quantitative estimate of drug-likeness (QED) is 0.449. The Morgan fingerprint density at radius 1 is 0.710 bits per heavy atom. The SMILES string of the molecule is C1=NC2=NC(c3cccc4ccoc34)=CC3=CC(c4cccc5ccoc45)=NC(=N1)C32. The summed E-state index contributed by atoms with van der Waals surface area (Å²) in [7, 11) is 0. The van der Waals surface area contributed by atoms with Crippen molar-refractivity contribution in [3.63, 3.8) is 0 Å². The third-order valence-corrected chi connectivity index (χ3v) is 5.82. The summed E-state index contributed by atoms with van der Waals surface area (Å²) in [5.41, 5.74) is 6.18. The Bertz CT molecular complexity index is 1520. The van der Waals surface area contributed by atoms with Crippen LogP contribution in [0.15, 0.2) is 108 Å². The first-order chi connectivity index (χ1) is 15.3. The van der Waals surface area contributed by atoms with E-state index in [1.54, 1.807) is 12.5 Å². The van der Waals surface area contributed by atoms with Gasteiger partial charge in [0.1, 0.15) is 35.1 Å². The van der Waals surface area contributed by atoms with E-state index in [1.807, 2.05) is 48.5 Å². The molecule has 0 fully saturated rings. The van der Waals surface area contributed by atoms with Gasteiger partial charge in [-0.05, 0) is 42.0 Å². The zero-order chi connectivity index (χ0) is 20.4. The molecule has 1 unspecified atom stereocenters. The predicted molar refractivity (Wildman–Crippen MR) is 122 cm³/mol. The Hall–Kier alpha value is -4.32. The molecule has 0 amide bonds. The van der Waals surface area contributed by atoms with Crippen molar-refractivity contribution < 1.29 is 8.83 Å². The van der Waals surface area contributed by atoms with Crippen molar-refractivity contribution in [2.24, 2.45) is 25.9 Å². The molecule has 146 valence electrons. The second kappa shape index (κ2) is 6.09. The molecule has 0 saturated carbocycles. The van der Waals surface area contributed by atoms with Gasteiger partial charge in [-0.1, -0.05) is 24.3 Å². The molecule has 0 aliphatic carbocycles. The number of rotatable bonds is 2. The molecule has 6 nitrogen and oxygen atoms in total. The highest BCUT2D eigenvalue weighted by atomic mass is 16.3. The fourth-order valence-electron chi connectivity index (χ4n) is 4.40. The first-order valence-electron chi connectivity index (χ1n) is 9.99. The van der Waals surface area contributed by atoms with Crippen molar-refractivity contribution in [1.82, 2.24) is 0 Å². The van der Waals surface area contributed by atoms with E-state index in [2.05, 4.69) is 22.1 Å². The van der Waals surface area contributed by atoms with Crippen LogP contribution >= 0.6 is 0 Å². The smallest absolute Gasteiger partial charge is 0.145 e. The summed E-state index contributed by atoms with van der Waals surface area (Å²) < 4.78 is 11.5. The number of benzene rings is 2. The van der Waals surface area contributed by atoms with Crippen LogP contribution in [-0.2, 0) is 0 Å². The highest BCUT2D eigenvalue weighted by Gasteiger charge is 2.34. The van der Waals surface area contributed by atoms with E-state index < -0.39 is 0 Å². The lowest BCUT2D eigenvalue weighted by atomic mass is 9.87. The van der Waals surface area contributed by atoms with Crippen LogP contribution in [0.4, 0.5) is 0 Å². The van der Waals surface area contributed by atoms with Crippen molar-refractivity contribution in [2.45, 2.75) is 0 Å². The van der Waals surface area contributed by atoms with Crippen LogP contribution in [-0.4, -0.2) is 23.7 Å². The van der Waals surface area contributed by atoms with Crippen LogP contribution in [0.1, 0.15) is 11.1 Å². The average molecular weight is 402 g/mol. The summed E-state index contributed by atoms with van der Waals surface area (Å²) in [5.74, 6) is 1.22. The Labute approximate surface area is 176 Å². The van der Waals surface area contributed by atoms with Gasteiger partial charge in [0, 0.05) is 21.9 Å². The van der Waals surface area contributed by atoms with Crippen molar-refractivity contribution in [3.05, 3.63) is 89.9 Å². The van der Waals surface area contributed by atoms with Gasteiger partial charge in [0.25, 0.3) is 0 Å². The van der Waals surface area contributed by atoms with Crippen LogP contribution < -0.4 is 0 Å². The highest BCUT2D eigenvalue weighted by molar-refractivity contribution is 6.28. The number of fused-ring (bicyclic) bond motifs is 2. The number of furan rings is 2. The summed E-state index contributed by atoms with van der Waals surface area (Å²) in [5, 5.41) is 2.08. The topological polar surface area (TPSA) is 75.7 Å². The molecule has 6 heteroatoms. The number of dihydropyridines is 1. The van der Waals surface area contributed by atoms with Crippen molar-refractivity contribution in [1.29, 1.82) is 0 Å². The summed E-state index contributed by atoms with van der Waals surface area (Å²) >= 11 is 0. The van der Waals surface area contributed by atoms with Crippen LogP contribution in [0.5, 0.6) is 0 Å². The normalized spacial score (nSPS) is 19.5. The molecule has 1 atom stereocenters. The van der Waals surface area contributed by atoms with E-state index in [9.17, 15) is 0 Å². The molecule has 0 spiro atoms. The third kappa shape index (κ3) is 2.39. The monoisotopic (exact) mass is 402 g/mol. The molecule has 3 aliphatic rings. The molecule has 3 aliphatic heterocycles. The van der Waals surface area contributed by atoms with E-state index in [4.69, 9.17) is 18.8 Å². The minimum atomic E-state index is -0.163. The van der Waals surface area contributed by atoms with Crippen molar-refractivity contribution >= 4 is 51.4 Å². The van der Waals surface area contributed by atoms with E-state index in [0.29, 0.717) is 11.7 Å². The first-order valence-corrected chi connectivity index (χ1v) is 9.99. The standard InChI is InChI=1S/C25H14N4O2/c1-3-14-7-9-30-22(14)17(5-1)19-11-16-12-20(18-6-2-4-15-8-10-31-23(15)18)29-25-21(16)24(28-19)26-13-27-25/h1-13,21H. The molecule has 5 heterocycles. The molecular formula is C25H14N4O2. The number of hydrogen-bond acceptors (Lipinski definition) is 6. The number of para-hydroxylation sites is 2. The van der Waals surface area contributed by atoms with E-state index in [-0.39, 0.29) is 5.92 Å². The van der Waals surface area contributed by atoms with E-state index >= 15 is 0 Å². The fourth-order valence-corrected chi connectivity index (χ4v) is 4.40. The van der Waals surface area contributed by atoms with Crippen LogP contribution in [0.2, 0.25) is 0 Å². The van der Waals surface area contributed by atoms with Crippen LogP contribution in [0.25, 0.3) is 27.6 Å². The number of nitrogens with zero attached hydrogens (tertiary/aromatic N) is 4. The van der Waals surface area contributed by atoms with Gasteiger partial charge >= 0.3 is 0 Å². The number of hydrogen-bond donors (Lipinski definition) is 0. The summed E-state index contributed by atoms with van der Waals surface area (Å²) in [6.07, 6.45) is 9.09. The minimum Gasteiger partial charge on any atom is -0.464 e. The van der Waals surface area contributed by atoms with Gasteiger partial charge in [0.15, 0.2) is 0 Å². The zero-order valence-corrected chi connectivity index (χ0v) is 16.2. The van der Waals surface area contributed by atoms with Gasteiger partial charge < -0.3 is 8.83 Å². The van der Waals surface area contributed by atoms with Gasteiger partial charge in [0.2, 0.25) is 0 Å². The largest absolute Gasteiger partial charge is 0.464 e. The van der Waals surface area contributed by atoms with Crippen molar-refractivity contribution in [3.8, 4) is 0 Å². The Balaban J connectivity index is 1.44. The Morgan fingerprint density at radius 3 is 2.26 bits per heavy atom. The van der Waals surface area contributed by atoms with Gasteiger partial charge in [-0.3, -0.25) is 0 Å². The van der Waals surface area contributed by atoms with E-state index in [1.165, 1.54) is 6.34 Å². The third-order valence-electron chi connectivity index (χ3n) is 5.82. The fraction of sp³-hybridized carbons (Fsp3) is 0.0400. The lowest BCUT2D eigenvalue weighted by molar-refractivity contribution is 0.614. The molecule has 31 heavy (non-hydrogen) atoms. The lowest BCUT2D eigenvalue weighted by Crippen LogP contribution is -2.32. The van der Waals surface area contributed by atoms with E-state index in [0.717, 1.165) is 50.0 Å². The number of aliphatic imine (C=N–C) groups is 4. The summed E-state index contributed by atoms with van der Waals surface area (Å²) in [6.45, 7) is 0. The number of amidine groups is 2. The maximum Gasteiger partial charge on any atom is 0.145 e. The average Bonchev–Trinajstić information content (AvgIpc) is 3.48. The maximum atomic E-state index is 5.74. The summed E-state index contributed by atoms with van der Waals surface area (Å²) in [6, 6.07) is 16.0. The molecule has 7 rings (SSSR count). The number of allylic oxidation sites excluding steroid dienone is 2. The molecule has 4 aromatic rings. The molecule has 0 radical (unpaired) electrons. The summed E-state index contributed by atoms with van der Waals surface area (Å²) in [4.78, 5) is 18.6. The van der Waals surface area contributed by atoms with Gasteiger partial charge in [-0.25, -0.2) is 20.0 Å². The van der Waals surface area contributed by atoms with Gasteiger partial charge in [-0.15, -0.1) is 0 Å². The maximum absolute atomic E-state index is 5.74. The predicted octanol–water partition coefficient (Wildman–Crippen LogP) is 5.42. The van der Waals surface area contributed by atoms with Crippen LogP contribution in [0.3, 0.4) is 0 Å². The van der Waals surface area contributed by atoms with Crippen LogP contribution in [0, 0.1) is 5.92 Å². The zero-order valence-electron chi connectivity index (χ0n) is 16.2. The van der Waals surface area contributed by atoms with Gasteiger partial charge in [-0.2, -0.15) is 0 Å². The van der Waals surface area contributed by atoms with Crippen molar-refractivity contribution in [2.75, 3.05) is 0 Å². The molecule has 2 aromatic carbocycles. The molecule has 0 N–H and O–H groups in total. The highest BCUT2D eigenvalue weighted by Crippen LogP contribution is 2.37. The molecule has 2 aromatic heterocycles. The molecular weight excluding hydrogens is 388 g/mol. The molecule has 0 bridgehead atoms. The molecule has 0 saturated heterocycles. The second-order valence-electron chi connectivity index (χ2n) is 7.59. The minimum absolute atomic E-state index is 0.163. The lowest BCUT2D eigenvalue weighted by Gasteiger charge is -2.27. The first kappa shape index (κ1) is 16.5. The Kier molecular flexibility index (Phi) is 3.24.